The Kier molecular flexibility index (Phi) is 12.1. The van der Waals surface area contributed by atoms with Crippen LogP contribution in [0.1, 0.15) is 87.3 Å². The third-order valence-corrected chi connectivity index (χ3v) is 5.93. The van der Waals surface area contributed by atoms with Crippen LogP contribution >= 0.6 is 0 Å². The van der Waals surface area contributed by atoms with Crippen LogP contribution in [0.3, 0.4) is 0 Å². The first-order valence-electron chi connectivity index (χ1n) is 13.2. The summed E-state index contributed by atoms with van der Waals surface area (Å²) in [6.45, 7) is 32.5. The molecule has 5 heteroatoms. The van der Waals surface area contributed by atoms with Crippen molar-refractivity contribution >= 4 is 0 Å². The van der Waals surface area contributed by atoms with E-state index in [4.69, 9.17) is 0 Å². The molecule has 2 aliphatic rings. The van der Waals surface area contributed by atoms with Crippen LogP contribution in [0.4, 0.5) is 0 Å². The Hall–Kier alpha value is -0.910. The molecule has 0 spiro atoms. The minimum atomic E-state index is 0.168. The number of piperazine rings is 1. The van der Waals surface area contributed by atoms with E-state index in [2.05, 4.69) is 99.8 Å². The molecule has 0 amide bonds. The number of nitrogens with zero attached hydrogens (tertiary/aromatic N) is 5. The van der Waals surface area contributed by atoms with Gasteiger partial charge in [-0.15, -0.1) is 0 Å². The largest absolute Gasteiger partial charge is 0.332 e. The number of likely N-dealkylation sites (N-methyl/N-ethyl adjacent to an activating group) is 1. The molecule has 0 aromatic carbocycles. The monoisotopic (exact) mass is 463 g/mol. The summed E-state index contributed by atoms with van der Waals surface area (Å²) in [7, 11) is 2.20. The number of aromatic nitrogens is 2. The highest BCUT2D eigenvalue weighted by molar-refractivity contribution is 4.95. The lowest BCUT2D eigenvalue weighted by Crippen LogP contribution is -2.47. The molecule has 1 aromatic rings. The molecule has 2 saturated heterocycles. The van der Waals surface area contributed by atoms with Gasteiger partial charge >= 0.3 is 0 Å². The predicted octanol–water partition coefficient (Wildman–Crippen LogP) is 5.74. The minimum Gasteiger partial charge on any atom is -0.332 e. The van der Waals surface area contributed by atoms with Crippen LogP contribution in [0.15, 0.2) is 12.5 Å². The molecule has 194 valence electrons. The summed E-state index contributed by atoms with van der Waals surface area (Å²) in [6, 6.07) is 0. The molecule has 2 aliphatic heterocycles. The van der Waals surface area contributed by atoms with Crippen molar-refractivity contribution in [3.63, 3.8) is 0 Å². The van der Waals surface area contributed by atoms with Crippen LogP contribution in [-0.2, 0) is 5.54 Å². The molecule has 5 nitrogen and oxygen atoms in total. The first kappa shape index (κ1) is 30.1. The first-order chi connectivity index (χ1) is 15.0. The second-order valence-corrected chi connectivity index (χ2v) is 13.6. The predicted molar refractivity (Wildman–Crippen MR) is 145 cm³/mol. The van der Waals surface area contributed by atoms with Crippen molar-refractivity contribution in [2.24, 2.45) is 10.8 Å². The summed E-state index contributed by atoms with van der Waals surface area (Å²) in [6.07, 6.45) is 8.20. The Bertz CT molecular complexity index is 630. The van der Waals surface area contributed by atoms with Crippen molar-refractivity contribution < 1.29 is 0 Å². The van der Waals surface area contributed by atoms with Gasteiger partial charge in [-0.3, -0.25) is 0 Å². The smallest absolute Gasteiger partial charge is 0.0954 e. The number of aryl methyl sites for hydroxylation is 1. The van der Waals surface area contributed by atoms with Gasteiger partial charge in [-0.2, -0.15) is 0 Å². The van der Waals surface area contributed by atoms with Crippen LogP contribution in [-0.4, -0.2) is 83.7 Å². The lowest BCUT2D eigenvalue weighted by atomic mass is 9.95. The third kappa shape index (κ3) is 14.9. The van der Waals surface area contributed by atoms with Crippen molar-refractivity contribution in [1.82, 2.24) is 24.3 Å². The fourth-order valence-corrected chi connectivity index (χ4v) is 4.25. The summed E-state index contributed by atoms with van der Waals surface area (Å²) in [5.74, 6) is 0. The van der Waals surface area contributed by atoms with Gasteiger partial charge in [-0.1, -0.05) is 48.0 Å². The molecule has 0 aliphatic carbocycles. The fraction of sp³-hybridized carbons (Fsp3) is 0.893. The molecule has 0 N–H and O–H groups in total. The quantitative estimate of drug-likeness (QED) is 0.558. The minimum absolute atomic E-state index is 0.168. The topological polar surface area (TPSA) is 27.5 Å². The number of likely N-dealkylation sites (tertiary alicyclic amines) is 1. The van der Waals surface area contributed by atoms with Gasteiger partial charge < -0.3 is 19.3 Å². The van der Waals surface area contributed by atoms with Crippen molar-refractivity contribution in [3.05, 3.63) is 18.2 Å². The highest BCUT2D eigenvalue weighted by atomic mass is 15.2. The molecule has 2 fully saturated rings. The lowest BCUT2D eigenvalue weighted by Gasteiger charge is -2.36. The number of imidazole rings is 1. The molecule has 0 atom stereocenters. The van der Waals surface area contributed by atoms with E-state index in [0.717, 1.165) is 5.69 Å². The first-order valence-corrected chi connectivity index (χ1v) is 13.2. The highest BCUT2D eigenvalue weighted by Crippen LogP contribution is 2.18. The van der Waals surface area contributed by atoms with Crippen LogP contribution in [0.25, 0.3) is 0 Å². The maximum Gasteiger partial charge on any atom is 0.0954 e. The Morgan fingerprint density at radius 2 is 1.15 bits per heavy atom. The van der Waals surface area contributed by atoms with Gasteiger partial charge in [0, 0.05) is 51.0 Å². The average molecular weight is 464 g/mol. The Labute approximate surface area is 206 Å². The van der Waals surface area contributed by atoms with Crippen molar-refractivity contribution in [1.29, 1.82) is 0 Å². The Balaban J connectivity index is 0.000000249. The molecule has 3 rings (SSSR count). The molecule has 1 aromatic heterocycles. The maximum atomic E-state index is 4.15. The summed E-state index contributed by atoms with van der Waals surface area (Å²) < 4.78 is 2.11. The van der Waals surface area contributed by atoms with Crippen LogP contribution in [0.2, 0.25) is 0 Å². The van der Waals surface area contributed by atoms with Crippen LogP contribution in [0.5, 0.6) is 0 Å². The van der Waals surface area contributed by atoms with Gasteiger partial charge in [-0.25, -0.2) is 4.98 Å². The highest BCUT2D eigenvalue weighted by Gasteiger charge is 2.20. The molecular weight excluding hydrogens is 406 g/mol. The van der Waals surface area contributed by atoms with E-state index in [9.17, 15) is 0 Å². The van der Waals surface area contributed by atoms with E-state index in [1.807, 2.05) is 13.3 Å². The summed E-state index contributed by atoms with van der Waals surface area (Å²) >= 11 is 0. The number of piperidine rings is 1. The SMILES string of the molecule is CC(C)(C)CN1CCCCC1.CN1CCN(CC(C)(C)C)CC1.Cc1cn(C(C)(C)C)cn1. The molecule has 0 radical (unpaired) electrons. The van der Waals surface area contributed by atoms with Crippen LogP contribution < -0.4 is 0 Å². The van der Waals surface area contributed by atoms with E-state index < -0.39 is 0 Å². The fourth-order valence-electron chi connectivity index (χ4n) is 4.25. The molecule has 3 heterocycles. The van der Waals surface area contributed by atoms with Gasteiger partial charge in [0.2, 0.25) is 0 Å². The summed E-state index contributed by atoms with van der Waals surface area (Å²) in [5, 5.41) is 0. The van der Waals surface area contributed by atoms with Crippen molar-refractivity contribution in [2.75, 3.05) is 59.4 Å². The van der Waals surface area contributed by atoms with E-state index in [1.165, 1.54) is 71.6 Å². The zero-order valence-electron chi connectivity index (χ0n) is 24.2. The standard InChI is InChI=1S/C10H22N2.C10H21N.C8H14N2/c1-10(2,3)9-12-7-5-11(4)6-8-12;1-10(2,3)9-11-7-5-4-6-8-11;1-7-5-10(6-9-7)8(2,3)4/h5-9H2,1-4H3;4-9H2,1-3H3;5-6H,1-4H3. The molecule has 0 saturated carbocycles. The normalized spacial score (nSPS) is 19.4. The maximum absolute atomic E-state index is 4.15. The summed E-state index contributed by atoms with van der Waals surface area (Å²) in [5.41, 5.74) is 2.18. The lowest BCUT2D eigenvalue weighted by molar-refractivity contribution is 0.117. The average Bonchev–Trinajstić information content (AvgIpc) is 3.10. The zero-order valence-corrected chi connectivity index (χ0v) is 24.2. The van der Waals surface area contributed by atoms with Gasteiger partial charge in [0.25, 0.3) is 0 Å². The second-order valence-electron chi connectivity index (χ2n) is 13.6. The molecule has 33 heavy (non-hydrogen) atoms. The van der Waals surface area contributed by atoms with Crippen molar-refractivity contribution in [2.45, 2.75) is 94.0 Å². The van der Waals surface area contributed by atoms with Gasteiger partial charge in [0.15, 0.2) is 0 Å². The Morgan fingerprint density at radius 3 is 1.48 bits per heavy atom. The number of hydrogen-bond donors (Lipinski definition) is 0. The van der Waals surface area contributed by atoms with Crippen molar-refractivity contribution in [3.8, 4) is 0 Å². The van der Waals surface area contributed by atoms with E-state index >= 15 is 0 Å². The number of hydrogen-bond acceptors (Lipinski definition) is 4. The van der Waals surface area contributed by atoms with Gasteiger partial charge in [0.05, 0.1) is 12.0 Å². The van der Waals surface area contributed by atoms with Crippen LogP contribution in [0, 0.1) is 17.8 Å². The Morgan fingerprint density at radius 1 is 0.697 bits per heavy atom. The summed E-state index contributed by atoms with van der Waals surface area (Å²) in [4.78, 5) is 11.7. The third-order valence-electron chi connectivity index (χ3n) is 5.93. The second kappa shape index (κ2) is 13.3. The van der Waals surface area contributed by atoms with E-state index in [1.54, 1.807) is 0 Å². The molecular formula is C28H57N5. The number of rotatable bonds is 2. The van der Waals surface area contributed by atoms with E-state index in [0.29, 0.717) is 10.8 Å². The zero-order chi connectivity index (χ0) is 25.3. The van der Waals surface area contributed by atoms with Gasteiger partial charge in [-0.05, 0) is 71.5 Å². The molecule has 0 bridgehead atoms. The van der Waals surface area contributed by atoms with E-state index in [-0.39, 0.29) is 5.54 Å². The molecule has 0 unspecified atom stereocenters. The van der Waals surface area contributed by atoms with Gasteiger partial charge in [0.1, 0.15) is 0 Å².